The van der Waals surface area contributed by atoms with Gasteiger partial charge >= 0.3 is 0 Å². The van der Waals surface area contributed by atoms with Gasteiger partial charge in [-0.1, -0.05) is 13.8 Å². The Morgan fingerprint density at radius 2 is 2.29 bits per heavy atom. The Hall–Kier alpha value is -1.13. The standard InChI is InChI=1S/C17H30N4/c1-14(2)10-18-11-16-9-17(5-7-19-16)21(4)13-15-6-8-20(3)12-15/h5,7,9,14-15,18H,6,8,10-13H2,1-4H3. The fourth-order valence-electron chi connectivity index (χ4n) is 2.96. The number of nitrogens with one attached hydrogen (secondary N) is 1. The third-order valence-corrected chi connectivity index (χ3v) is 4.12. The summed E-state index contributed by atoms with van der Waals surface area (Å²) < 4.78 is 0. The van der Waals surface area contributed by atoms with Crippen molar-refractivity contribution in [3.8, 4) is 0 Å². The number of likely N-dealkylation sites (tertiary alicyclic amines) is 1. The van der Waals surface area contributed by atoms with Crippen molar-refractivity contribution in [2.45, 2.75) is 26.8 Å². The summed E-state index contributed by atoms with van der Waals surface area (Å²) in [6, 6.07) is 4.33. The molecule has 21 heavy (non-hydrogen) atoms. The average Bonchev–Trinajstić information content (AvgIpc) is 2.84. The number of hydrogen-bond acceptors (Lipinski definition) is 4. The van der Waals surface area contributed by atoms with E-state index in [9.17, 15) is 0 Å². The lowest BCUT2D eigenvalue weighted by molar-refractivity contribution is 0.396. The SMILES string of the molecule is CC(C)CNCc1cc(N(C)CC2CCN(C)C2)ccn1. The fourth-order valence-corrected chi connectivity index (χ4v) is 2.96. The summed E-state index contributed by atoms with van der Waals surface area (Å²) in [5, 5.41) is 3.46. The molecule has 1 aliphatic rings. The first-order valence-corrected chi connectivity index (χ1v) is 8.10. The van der Waals surface area contributed by atoms with Crippen molar-refractivity contribution in [1.82, 2.24) is 15.2 Å². The maximum absolute atomic E-state index is 4.47. The molecule has 0 aromatic carbocycles. The predicted molar refractivity (Wildman–Crippen MR) is 89.7 cm³/mol. The maximum Gasteiger partial charge on any atom is 0.0562 e. The van der Waals surface area contributed by atoms with Gasteiger partial charge in [-0.2, -0.15) is 0 Å². The van der Waals surface area contributed by atoms with Crippen LogP contribution in [-0.4, -0.2) is 50.2 Å². The Balaban J connectivity index is 1.87. The van der Waals surface area contributed by atoms with Crippen LogP contribution in [0.5, 0.6) is 0 Å². The van der Waals surface area contributed by atoms with Gasteiger partial charge in [-0.05, 0) is 50.5 Å². The van der Waals surface area contributed by atoms with Crippen LogP contribution in [-0.2, 0) is 6.54 Å². The number of rotatable bonds is 7. The van der Waals surface area contributed by atoms with Gasteiger partial charge in [-0.25, -0.2) is 0 Å². The molecular formula is C17H30N4. The van der Waals surface area contributed by atoms with E-state index < -0.39 is 0 Å². The monoisotopic (exact) mass is 290 g/mol. The summed E-state index contributed by atoms with van der Waals surface area (Å²) in [6.07, 6.45) is 3.24. The average molecular weight is 290 g/mol. The second-order valence-corrected chi connectivity index (χ2v) is 6.83. The number of pyridine rings is 1. The van der Waals surface area contributed by atoms with E-state index in [1.807, 2.05) is 6.20 Å². The molecule has 4 heteroatoms. The van der Waals surface area contributed by atoms with Crippen LogP contribution in [0.2, 0.25) is 0 Å². The molecule has 0 aliphatic carbocycles. The molecule has 0 amide bonds. The lowest BCUT2D eigenvalue weighted by atomic mass is 10.1. The molecule has 1 N–H and O–H groups in total. The van der Waals surface area contributed by atoms with Crippen LogP contribution in [0.25, 0.3) is 0 Å². The summed E-state index contributed by atoms with van der Waals surface area (Å²) in [6.45, 7) is 9.93. The first-order chi connectivity index (χ1) is 10.0. The van der Waals surface area contributed by atoms with E-state index in [1.165, 1.54) is 25.2 Å². The minimum absolute atomic E-state index is 0.676. The minimum atomic E-state index is 0.676. The molecule has 1 saturated heterocycles. The first kappa shape index (κ1) is 16.2. The van der Waals surface area contributed by atoms with Gasteiger partial charge in [0.2, 0.25) is 0 Å². The van der Waals surface area contributed by atoms with Crippen LogP contribution in [0.15, 0.2) is 18.3 Å². The van der Waals surface area contributed by atoms with Gasteiger partial charge in [0.05, 0.1) is 5.69 Å². The summed E-state index contributed by atoms with van der Waals surface area (Å²) in [5.41, 5.74) is 2.41. The van der Waals surface area contributed by atoms with Gasteiger partial charge in [-0.3, -0.25) is 4.98 Å². The zero-order valence-corrected chi connectivity index (χ0v) is 14.0. The van der Waals surface area contributed by atoms with Crippen LogP contribution >= 0.6 is 0 Å². The molecule has 2 rings (SSSR count). The Kier molecular flexibility index (Phi) is 6.00. The van der Waals surface area contributed by atoms with Gasteiger partial charge < -0.3 is 15.1 Å². The van der Waals surface area contributed by atoms with E-state index in [1.54, 1.807) is 0 Å². The predicted octanol–water partition coefficient (Wildman–Crippen LogP) is 2.22. The van der Waals surface area contributed by atoms with Crippen molar-refractivity contribution in [1.29, 1.82) is 0 Å². The summed E-state index contributed by atoms with van der Waals surface area (Å²) >= 11 is 0. The maximum atomic E-state index is 4.47. The molecule has 118 valence electrons. The lowest BCUT2D eigenvalue weighted by Gasteiger charge is -2.23. The summed E-state index contributed by atoms with van der Waals surface area (Å²) in [5.74, 6) is 1.46. The number of nitrogens with zero attached hydrogens (tertiary/aromatic N) is 3. The molecule has 0 saturated carbocycles. The number of hydrogen-bond donors (Lipinski definition) is 1. The van der Waals surface area contributed by atoms with Crippen molar-refractivity contribution in [2.75, 3.05) is 45.2 Å². The minimum Gasteiger partial charge on any atom is -0.374 e. The van der Waals surface area contributed by atoms with Crippen LogP contribution < -0.4 is 10.2 Å². The van der Waals surface area contributed by atoms with Gasteiger partial charge in [0.1, 0.15) is 0 Å². The highest BCUT2D eigenvalue weighted by molar-refractivity contribution is 5.45. The van der Waals surface area contributed by atoms with E-state index in [2.05, 4.69) is 60.2 Å². The normalized spacial score (nSPS) is 19.4. The van der Waals surface area contributed by atoms with Crippen LogP contribution in [0.4, 0.5) is 5.69 Å². The topological polar surface area (TPSA) is 31.4 Å². The second kappa shape index (κ2) is 7.76. The summed E-state index contributed by atoms with van der Waals surface area (Å²) in [4.78, 5) is 9.26. The Morgan fingerprint density at radius 1 is 1.48 bits per heavy atom. The molecule has 0 spiro atoms. The van der Waals surface area contributed by atoms with Gasteiger partial charge in [-0.15, -0.1) is 0 Å². The largest absolute Gasteiger partial charge is 0.374 e. The zero-order valence-electron chi connectivity index (χ0n) is 14.0. The van der Waals surface area contributed by atoms with E-state index in [4.69, 9.17) is 0 Å². The lowest BCUT2D eigenvalue weighted by Crippen LogP contribution is -2.27. The first-order valence-electron chi connectivity index (χ1n) is 8.10. The summed E-state index contributed by atoms with van der Waals surface area (Å²) in [7, 11) is 4.41. The number of anilines is 1. The third kappa shape index (κ3) is 5.29. The molecule has 1 fully saturated rings. The highest BCUT2D eigenvalue weighted by atomic mass is 15.2. The van der Waals surface area contributed by atoms with Gasteiger partial charge in [0, 0.05) is 38.6 Å². The van der Waals surface area contributed by atoms with Crippen molar-refractivity contribution in [3.63, 3.8) is 0 Å². The Morgan fingerprint density at radius 3 is 2.95 bits per heavy atom. The van der Waals surface area contributed by atoms with Crippen LogP contribution in [0.1, 0.15) is 26.0 Å². The van der Waals surface area contributed by atoms with Crippen molar-refractivity contribution in [3.05, 3.63) is 24.0 Å². The fraction of sp³-hybridized carbons (Fsp3) is 0.706. The van der Waals surface area contributed by atoms with Crippen molar-refractivity contribution in [2.24, 2.45) is 11.8 Å². The van der Waals surface area contributed by atoms with Crippen molar-refractivity contribution < 1.29 is 0 Å². The van der Waals surface area contributed by atoms with E-state index in [0.29, 0.717) is 5.92 Å². The Labute approximate surface area is 129 Å². The van der Waals surface area contributed by atoms with Gasteiger partial charge in [0.15, 0.2) is 0 Å². The molecular weight excluding hydrogens is 260 g/mol. The molecule has 0 radical (unpaired) electrons. The highest BCUT2D eigenvalue weighted by Crippen LogP contribution is 2.19. The van der Waals surface area contributed by atoms with Crippen molar-refractivity contribution >= 4 is 5.69 Å². The van der Waals surface area contributed by atoms with E-state index >= 15 is 0 Å². The van der Waals surface area contributed by atoms with Crippen LogP contribution in [0, 0.1) is 11.8 Å². The Bertz CT molecular complexity index is 433. The van der Waals surface area contributed by atoms with Gasteiger partial charge in [0.25, 0.3) is 0 Å². The molecule has 1 aromatic rings. The second-order valence-electron chi connectivity index (χ2n) is 6.83. The van der Waals surface area contributed by atoms with E-state index in [-0.39, 0.29) is 0 Å². The quantitative estimate of drug-likeness (QED) is 0.834. The van der Waals surface area contributed by atoms with Crippen LogP contribution in [0.3, 0.4) is 0 Å². The highest BCUT2D eigenvalue weighted by Gasteiger charge is 2.20. The smallest absolute Gasteiger partial charge is 0.0562 e. The molecule has 1 unspecified atom stereocenters. The molecule has 4 nitrogen and oxygen atoms in total. The third-order valence-electron chi connectivity index (χ3n) is 4.12. The molecule has 1 aliphatic heterocycles. The molecule has 1 atom stereocenters. The van der Waals surface area contributed by atoms with E-state index in [0.717, 1.165) is 31.2 Å². The number of aromatic nitrogens is 1. The molecule has 0 bridgehead atoms. The molecule has 1 aromatic heterocycles. The zero-order chi connectivity index (χ0) is 15.2. The molecule has 2 heterocycles.